The molecule has 5 nitrogen and oxygen atoms in total. The number of aromatic nitrogens is 1. The number of carbonyl (C=O) groups excluding carboxylic acids is 1. The highest BCUT2D eigenvalue weighted by atomic mass is 32.2. The summed E-state index contributed by atoms with van der Waals surface area (Å²) in [5.74, 6) is 6.22. The second kappa shape index (κ2) is 6.55. The highest BCUT2D eigenvalue weighted by Crippen LogP contribution is 2.26. The Morgan fingerprint density at radius 3 is 3.16 bits per heavy atom. The molecular formula is C12H13N3O2S2. The summed E-state index contributed by atoms with van der Waals surface area (Å²) in [5, 5.41) is 2.24. The highest BCUT2D eigenvalue weighted by molar-refractivity contribution is 7.98. The van der Waals surface area contributed by atoms with Crippen molar-refractivity contribution in [2.24, 2.45) is 5.84 Å². The predicted molar refractivity (Wildman–Crippen MR) is 76.3 cm³/mol. The van der Waals surface area contributed by atoms with Crippen LogP contribution in [-0.2, 0) is 5.75 Å². The van der Waals surface area contributed by atoms with E-state index in [0.717, 1.165) is 16.3 Å². The van der Waals surface area contributed by atoms with Gasteiger partial charge in [0.25, 0.3) is 5.91 Å². The van der Waals surface area contributed by atoms with Gasteiger partial charge in [0.2, 0.25) is 0 Å². The minimum absolute atomic E-state index is 0.359. The van der Waals surface area contributed by atoms with Crippen molar-refractivity contribution >= 4 is 29.0 Å². The van der Waals surface area contributed by atoms with Crippen LogP contribution in [0.5, 0.6) is 5.75 Å². The van der Waals surface area contributed by atoms with E-state index in [-0.39, 0.29) is 5.91 Å². The van der Waals surface area contributed by atoms with Crippen molar-refractivity contribution in [1.82, 2.24) is 10.4 Å². The number of carbonyl (C=O) groups is 1. The minimum Gasteiger partial charge on any atom is -0.497 e. The van der Waals surface area contributed by atoms with Crippen LogP contribution in [-0.4, -0.2) is 18.0 Å². The van der Waals surface area contributed by atoms with Gasteiger partial charge in [-0.25, -0.2) is 10.8 Å². The fraction of sp³-hybridized carbons (Fsp3) is 0.167. The Hall–Kier alpha value is -1.57. The van der Waals surface area contributed by atoms with Gasteiger partial charge in [0.15, 0.2) is 5.01 Å². The molecule has 7 heteroatoms. The fourth-order valence-electron chi connectivity index (χ4n) is 1.39. The molecule has 19 heavy (non-hydrogen) atoms. The summed E-state index contributed by atoms with van der Waals surface area (Å²) >= 11 is 2.92. The first kappa shape index (κ1) is 13.9. The molecular weight excluding hydrogens is 282 g/mol. The van der Waals surface area contributed by atoms with Crippen molar-refractivity contribution < 1.29 is 9.53 Å². The van der Waals surface area contributed by atoms with Crippen LogP contribution < -0.4 is 16.0 Å². The molecule has 100 valence electrons. The van der Waals surface area contributed by atoms with E-state index >= 15 is 0 Å². The van der Waals surface area contributed by atoms with Gasteiger partial charge in [0.05, 0.1) is 12.8 Å². The SMILES string of the molecule is COc1cccc(SCc2csc(C(=O)NN)n2)c1. The average Bonchev–Trinajstić information content (AvgIpc) is 2.93. The van der Waals surface area contributed by atoms with Gasteiger partial charge < -0.3 is 4.74 Å². The normalized spacial score (nSPS) is 10.2. The van der Waals surface area contributed by atoms with Crippen LogP contribution >= 0.6 is 23.1 Å². The lowest BCUT2D eigenvalue weighted by atomic mass is 10.3. The molecule has 2 rings (SSSR count). The number of benzene rings is 1. The highest BCUT2D eigenvalue weighted by Gasteiger charge is 2.09. The molecule has 0 aliphatic heterocycles. The molecule has 0 saturated carbocycles. The summed E-state index contributed by atoms with van der Waals surface area (Å²) in [6, 6.07) is 7.81. The molecule has 0 aliphatic carbocycles. The third kappa shape index (κ3) is 3.69. The summed E-state index contributed by atoms with van der Waals surface area (Å²) in [6.07, 6.45) is 0. The standard InChI is InChI=1S/C12H13N3O2S2/c1-17-9-3-2-4-10(5-9)18-6-8-7-19-12(14-8)11(16)15-13/h2-5,7H,6,13H2,1H3,(H,15,16). The number of nitrogens with zero attached hydrogens (tertiary/aromatic N) is 1. The molecule has 0 radical (unpaired) electrons. The van der Waals surface area contributed by atoms with E-state index < -0.39 is 0 Å². The van der Waals surface area contributed by atoms with Gasteiger partial charge in [-0.05, 0) is 18.2 Å². The van der Waals surface area contributed by atoms with Crippen molar-refractivity contribution in [1.29, 1.82) is 0 Å². The Kier molecular flexibility index (Phi) is 4.78. The van der Waals surface area contributed by atoms with Gasteiger partial charge in [-0.3, -0.25) is 10.2 Å². The van der Waals surface area contributed by atoms with Crippen LogP contribution in [0.4, 0.5) is 0 Å². The zero-order valence-corrected chi connectivity index (χ0v) is 11.9. The van der Waals surface area contributed by atoms with E-state index in [1.54, 1.807) is 18.9 Å². The molecule has 1 aromatic carbocycles. The van der Waals surface area contributed by atoms with Crippen LogP contribution in [0.25, 0.3) is 0 Å². The molecule has 1 amide bonds. The van der Waals surface area contributed by atoms with Gasteiger partial charge in [0, 0.05) is 16.0 Å². The molecule has 0 saturated heterocycles. The first-order chi connectivity index (χ1) is 9.22. The summed E-state index contributed by atoms with van der Waals surface area (Å²) in [4.78, 5) is 16.6. The number of amides is 1. The van der Waals surface area contributed by atoms with Gasteiger partial charge >= 0.3 is 0 Å². The maximum absolute atomic E-state index is 11.3. The molecule has 0 atom stereocenters. The molecule has 1 aromatic heterocycles. The molecule has 0 fully saturated rings. The summed E-state index contributed by atoms with van der Waals surface area (Å²) in [5.41, 5.74) is 2.93. The zero-order valence-electron chi connectivity index (χ0n) is 10.3. The number of nitrogens with two attached hydrogens (primary N) is 1. The Bertz CT molecular complexity index is 572. The lowest BCUT2D eigenvalue weighted by molar-refractivity contribution is 0.0953. The Morgan fingerprint density at radius 2 is 2.42 bits per heavy atom. The lowest BCUT2D eigenvalue weighted by Crippen LogP contribution is -2.29. The van der Waals surface area contributed by atoms with Crippen LogP contribution in [0.2, 0.25) is 0 Å². The smallest absolute Gasteiger partial charge is 0.294 e. The molecule has 0 bridgehead atoms. The van der Waals surface area contributed by atoms with Crippen LogP contribution in [0.3, 0.4) is 0 Å². The van der Waals surface area contributed by atoms with Crippen molar-refractivity contribution in [2.45, 2.75) is 10.6 Å². The Morgan fingerprint density at radius 1 is 1.58 bits per heavy atom. The third-order valence-corrected chi connectivity index (χ3v) is 4.22. The van der Waals surface area contributed by atoms with Gasteiger partial charge in [-0.2, -0.15) is 0 Å². The van der Waals surface area contributed by atoms with Crippen molar-refractivity contribution in [3.63, 3.8) is 0 Å². The quantitative estimate of drug-likeness (QED) is 0.382. The van der Waals surface area contributed by atoms with Gasteiger partial charge in [-0.15, -0.1) is 23.1 Å². The van der Waals surface area contributed by atoms with E-state index in [0.29, 0.717) is 10.8 Å². The number of methoxy groups -OCH3 is 1. The second-order valence-electron chi connectivity index (χ2n) is 3.59. The van der Waals surface area contributed by atoms with Crippen molar-refractivity contribution in [2.75, 3.05) is 7.11 Å². The topological polar surface area (TPSA) is 77.2 Å². The number of thiazole rings is 1. The Labute approximate surface area is 119 Å². The molecule has 2 aromatic rings. The van der Waals surface area contributed by atoms with E-state index in [4.69, 9.17) is 10.6 Å². The summed E-state index contributed by atoms with van der Waals surface area (Å²) in [7, 11) is 1.64. The molecule has 1 heterocycles. The molecule has 0 unspecified atom stereocenters. The number of rotatable bonds is 5. The second-order valence-corrected chi connectivity index (χ2v) is 5.49. The first-order valence-electron chi connectivity index (χ1n) is 5.45. The molecule has 0 spiro atoms. The van der Waals surface area contributed by atoms with Gasteiger partial charge in [0.1, 0.15) is 5.75 Å². The van der Waals surface area contributed by atoms with Crippen LogP contribution in [0, 0.1) is 0 Å². The third-order valence-electron chi connectivity index (χ3n) is 2.31. The number of hydrazine groups is 1. The van der Waals surface area contributed by atoms with E-state index in [2.05, 4.69) is 10.4 Å². The lowest BCUT2D eigenvalue weighted by Gasteiger charge is -2.02. The predicted octanol–water partition coefficient (Wildman–Crippen LogP) is 2.05. The number of ether oxygens (including phenoxy) is 1. The first-order valence-corrected chi connectivity index (χ1v) is 7.31. The maximum Gasteiger partial charge on any atom is 0.294 e. The van der Waals surface area contributed by atoms with Crippen LogP contribution in [0.15, 0.2) is 34.5 Å². The van der Waals surface area contributed by atoms with Crippen molar-refractivity contribution in [3.8, 4) is 5.75 Å². The zero-order chi connectivity index (χ0) is 13.7. The van der Waals surface area contributed by atoms with Crippen molar-refractivity contribution in [3.05, 3.63) is 40.3 Å². The number of nitrogen functional groups attached to an aromatic ring is 1. The number of thioether (sulfide) groups is 1. The summed E-state index contributed by atoms with van der Waals surface area (Å²) < 4.78 is 5.16. The number of nitrogens with one attached hydrogen (secondary N) is 1. The maximum atomic E-state index is 11.3. The molecule has 3 N–H and O–H groups in total. The van der Waals surface area contributed by atoms with E-state index in [1.165, 1.54) is 11.3 Å². The average molecular weight is 295 g/mol. The van der Waals surface area contributed by atoms with E-state index in [9.17, 15) is 4.79 Å². The number of hydrogen-bond acceptors (Lipinski definition) is 6. The van der Waals surface area contributed by atoms with Gasteiger partial charge in [-0.1, -0.05) is 6.07 Å². The van der Waals surface area contributed by atoms with E-state index in [1.807, 2.05) is 29.6 Å². The fourth-order valence-corrected chi connectivity index (χ4v) is 3.05. The number of hydrogen-bond donors (Lipinski definition) is 2. The molecule has 0 aliphatic rings. The largest absolute Gasteiger partial charge is 0.497 e. The Balaban J connectivity index is 1.98. The monoisotopic (exact) mass is 295 g/mol. The summed E-state index contributed by atoms with van der Waals surface area (Å²) in [6.45, 7) is 0. The minimum atomic E-state index is -0.359. The van der Waals surface area contributed by atoms with Crippen LogP contribution in [0.1, 0.15) is 15.5 Å².